The van der Waals surface area contributed by atoms with Crippen molar-refractivity contribution in [3.63, 3.8) is 0 Å². The first kappa shape index (κ1) is 31.1. The molecule has 0 spiro atoms. The third kappa shape index (κ3) is 6.68. The first-order valence-corrected chi connectivity index (χ1v) is 13.1. The molecule has 1 atom stereocenters. The van der Waals surface area contributed by atoms with Crippen molar-refractivity contribution in [3.05, 3.63) is 42.0 Å². The van der Waals surface area contributed by atoms with Crippen LogP contribution in [0.2, 0.25) is 0 Å². The summed E-state index contributed by atoms with van der Waals surface area (Å²) >= 11 is 0. The van der Waals surface area contributed by atoms with Crippen LogP contribution >= 0.6 is 0 Å². The molecule has 0 saturated carbocycles. The van der Waals surface area contributed by atoms with Crippen molar-refractivity contribution in [2.45, 2.75) is 22.8 Å². The minimum absolute atomic E-state index is 0. The van der Waals surface area contributed by atoms with Gasteiger partial charge in [-0.05, 0) is 30.7 Å². The van der Waals surface area contributed by atoms with Crippen LogP contribution in [0, 0.1) is 6.92 Å². The Balaban J connectivity index is 0.00000481. The predicted molar refractivity (Wildman–Crippen MR) is 124 cm³/mol. The number of nitrogens with zero attached hydrogens (tertiary/aromatic N) is 4. The zero-order valence-electron chi connectivity index (χ0n) is 19.9. The molecular weight excluding hydrogens is 557 g/mol. The zero-order valence-corrected chi connectivity index (χ0v) is 24.6. The van der Waals surface area contributed by atoms with Crippen LogP contribution in [-0.4, -0.2) is 69.5 Å². The van der Waals surface area contributed by atoms with Gasteiger partial charge in [-0.15, -0.1) is 0 Å². The van der Waals surface area contributed by atoms with Gasteiger partial charge in [0.15, 0.2) is 15.5 Å². The van der Waals surface area contributed by atoms with Crippen LogP contribution in [0.1, 0.15) is 5.56 Å². The fourth-order valence-corrected chi connectivity index (χ4v) is 5.28. The topological polar surface area (TPSA) is 221 Å². The number of methoxy groups -OCH3 is 1. The standard InChI is InChI=1S/C20H21N5O9S2.K/c1-11-9-12(14(34-2)10-16(11)35(29,30)8-7-26)22-23-18-17(19(21)27)24-25(20(18)28)13-5-3-4-6-15(13)36(31,32)33;/h3-6,9-10,18,26H,7-8H2,1-2H3,(H2,21,27)(H,31,32,33);/q;+1/p-1. The van der Waals surface area contributed by atoms with Gasteiger partial charge >= 0.3 is 51.4 Å². The van der Waals surface area contributed by atoms with Crippen molar-refractivity contribution < 1.29 is 92.2 Å². The molecule has 0 fully saturated rings. The van der Waals surface area contributed by atoms with E-state index in [2.05, 4.69) is 15.3 Å². The Morgan fingerprint density at radius 3 is 2.43 bits per heavy atom. The van der Waals surface area contributed by atoms with Crippen molar-refractivity contribution in [3.8, 4) is 5.75 Å². The first-order valence-electron chi connectivity index (χ1n) is 10.0. The van der Waals surface area contributed by atoms with Gasteiger partial charge < -0.3 is 20.1 Å². The summed E-state index contributed by atoms with van der Waals surface area (Å²) in [6.45, 7) is 0.889. The third-order valence-corrected chi connectivity index (χ3v) is 7.69. The molecule has 1 aliphatic heterocycles. The number of benzene rings is 2. The van der Waals surface area contributed by atoms with E-state index in [4.69, 9.17) is 15.6 Å². The number of azo groups is 1. The van der Waals surface area contributed by atoms with Crippen LogP contribution in [0.3, 0.4) is 0 Å². The van der Waals surface area contributed by atoms with E-state index in [1.807, 2.05) is 0 Å². The van der Waals surface area contributed by atoms with E-state index >= 15 is 0 Å². The second-order valence-corrected chi connectivity index (χ2v) is 10.8. The Kier molecular flexibility index (Phi) is 10.2. The van der Waals surface area contributed by atoms with Crippen molar-refractivity contribution in [2.75, 3.05) is 24.5 Å². The minimum Gasteiger partial charge on any atom is -0.744 e. The number of nitrogens with two attached hydrogens (primary N) is 1. The monoisotopic (exact) mass is 577 g/mol. The summed E-state index contributed by atoms with van der Waals surface area (Å²) < 4.78 is 64.8. The number of rotatable bonds is 9. The molecule has 14 nitrogen and oxygen atoms in total. The number of hydrogen-bond donors (Lipinski definition) is 2. The van der Waals surface area contributed by atoms with Gasteiger partial charge in [-0.1, -0.05) is 12.1 Å². The average molecular weight is 578 g/mol. The van der Waals surface area contributed by atoms with Crippen LogP contribution in [-0.2, 0) is 29.5 Å². The fraction of sp³-hybridized carbons (Fsp3) is 0.250. The number of sulfone groups is 1. The average Bonchev–Trinajstić information content (AvgIpc) is 3.13. The molecule has 0 radical (unpaired) electrons. The van der Waals surface area contributed by atoms with Gasteiger partial charge in [-0.25, -0.2) is 16.8 Å². The molecule has 37 heavy (non-hydrogen) atoms. The smallest absolute Gasteiger partial charge is 0.744 e. The summed E-state index contributed by atoms with van der Waals surface area (Å²) in [4.78, 5) is 24.1. The number of carbonyl (C=O) groups excluding carboxylic acids is 2. The first-order chi connectivity index (χ1) is 16.8. The maximum absolute atomic E-state index is 13.0. The molecule has 192 valence electrons. The van der Waals surface area contributed by atoms with Crippen LogP contribution in [0.15, 0.2) is 61.5 Å². The van der Waals surface area contributed by atoms with Crippen LogP contribution in [0.4, 0.5) is 11.4 Å². The molecule has 2 aromatic carbocycles. The largest absolute Gasteiger partial charge is 1.00 e. The minimum atomic E-state index is -5.00. The van der Waals surface area contributed by atoms with Crippen molar-refractivity contribution >= 4 is 48.9 Å². The molecule has 0 aliphatic carbocycles. The summed E-state index contributed by atoms with van der Waals surface area (Å²) in [6, 6.07) is 5.53. The van der Waals surface area contributed by atoms with Crippen LogP contribution < -0.4 is 66.9 Å². The van der Waals surface area contributed by atoms with Crippen molar-refractivity contribution in [2.24, 2.45) is 21.1 Å². The van der Waals surface area contributed by atoms with Gasteiger partial charge in [-0.2, -0.15) is 20.3 Å². The molecule has 17 heteroatoms. The maximum Gasteiger partial charge on any atom is 1.00 e. The zero-order chi connectivity index (χ0) is 26.8. The Bertz CT molecular complexity index is 1510. The van der Waals surface area contributed by atoms with E-state index in [1.165, 1.54) is 38.3 Å². The molecule has 0 aromatic heterocycles. The SMILES string of the molecule is COc1cc(S(=O)(=O)CCO)c(C)cc1N=NC1C(=O)N(c2ccccc2S(=O)(=O)[O-])N=C1C(N)=O.[K+]. The Hall–Kier alpha value is -2.09. The predicted octanol–water partition coefficient (Wildman–Crippen LogP) is -2.98. The number of aliphatic hydroxyl groups is 1. The van der Waals surface area contributed by atoms with Crippen molar-refractivity contribution in [1.29, 1.82) is 0 Å². The number of hydrogen-bond acceptors (Lipinski definition) is 12. The van der Waals surface area contributed by atoms with E-state index in [1.54, 1.807) is 0 Å². The molecule has 3 N–H and O–H groups in total. The normalized spacial score (nSPS) is 16.0. The Morgan fingerprint density at radius 2 is 1.86 bits per heavy atom. The number of carbonyl (C=O) groups is 2. The number of aryl methyl sites for hydroxylation is 1. The number of aliphatic hydroxyl groups excluding tert-OH is 1. The molecule has 0 bridgehead atoms. The molecule has 1 aliphatic rings. The summed E-state index contributed by atoms with van der Waals surface area (Å²) in [5, 5.41) is 21.1. The quantitative estimate of drug-likeness (QED) is 0.176. The number of ether oxygens (including phenoxy) is 1. The molecular formula is C20H20KN5O9S2. The van der Waals surface area contributed by atoms with Gasteiger partial charge in [0.25, 0.3) is 11.8 Å². The van der Waals surface area contributed by atoms with E-state index in [0.717, 1.165) is 12.1 Å². The van der Waals surface area contributed by atoms with Crippen LogP contribution in [0.25, 0.3) is 0 Å². The van der Waals surface area contributed by atoms with Gasteiger partial charge in [0.05, 0.1) is 34.9 Å². The van der Waals surface area contributed by atoms with Gasteiger partial charge in [0.1, 0.15) is 21.6 Å². The molecule has 1 heterocycles. The second-order valence-electron chi connectivity index (χ2n) is 7.37. The summed E-state index contributed by atoms with van der Waals surface area (Å²) in [7, 11) is -7.58. The number of hydrazone groups is 1. The molecule has 1 unspecified atom stereocenters. The number of primary amides is 1. The van der Waals surface area contributed by atoms with Gasteiger partial charge in [-0.3, -0.25) is 9.59 Å². The fourth-order valence-electron chi connectivity index (χ4n) is 3.33. The molecule has 2 aromatic rings. The second kappa shape index (κ2) is 12.2. The number of para-hydroxylation sites is 1. The molecule has 2 amide bonds. The number of amides is 2. The van der Waals surface area contributed by atoms with E-state index in [-0.39, 0.29) is 73.3 Å². The van der Waals surface area contributed by atoms with E-state index in [9.17, 15) is 31.0 Å². The van der Waals surface area contributed by atoms with Crippen LogP contribution in [0.5, 0.6) is 5.75 Å². The maximum atomic E-state index is 13.0. The number of anilines is 1. The van der Waals surface area contributed by atoms with E-state index < -0.39 is 66.5 Å². The molecule has 3 rings (SSSR count). The summed E-state index contributed by atoms with van der Waals surface area (Å²) in [6.07, 6.45) is 0. The summed E-state index contributed by atoms with van der Waals surface area (Å²) in [5.41, 5.74) is 4.59. The van der Waals surface area contributed by atoms with Gasteiger partial charge in [0, 0.05) is 6.07 Å². The summed E-state index contributed by atoms with van der Waals surface area (Å²) in [5.74, 6) is -2.71. The molecule has 0 saturated heterocycles. The third-order valence-electron chi connectivity index (χ3n) is 4.98. The Morgan fingerprint density at radius 1 is 1.22 bits per heavy atom. The Labute approximate surface area is 254 Å². The van der Waals surface area contributed by atoms with Crippen molar-refractivity contribution in [1.82, 2.24) is 0 Å². The van der Waals surface area contributed by atoms with Gasteiger partial charge in [0.2, 0.25) is 6.04 Å². The van der Waals surface area contributed by atoms with E-state index in [0.29, 0.717) is 5.01 Å².